The van der Waals surface area contributed by atoms with Crippen molar-refractivity contribution in [2.24, 2.45) is 0 Å². The molecule has 3 heteroatoms. The average molecular weight is 473 g/mol. The van der Waals surface area contributed by atoms with Crippen molar-refractivity contribution >= 4 is 48.7 Å². The zero-order valence-corrected chi connectivity index (χ0v) is 20.6. The molecule has 0 fully saturated rings. The second-order valence-corrected chi connectivity index (χ2v) is 12.1. The van der Waals surface area contributed by atoms with Gasteiger partial charge >= 0.3 is 0 Å². The monoisotopic (exact) mass is 472 g/mol. The van der Waals surface area contributed by atoms with Crippen molar-refractivity contribution < 1.29 is 0 Å². The fraction of sp³-hybridized carbons (Fsp3) is 0.103. The molecule has 0 nitrogen and oxygen atoms in total. The highest BCUT2D eigenvalue weighted by Gasteiger charge is 2.21. The van der Waals surface area contributed by atoms with E-state index in [1.165, 1.54) is 26.5 Å². The third-order valence-corrected chi connectivity index (χ3v) is 10.5. The van der Waals surface area contributed by atoms with Gasteiger partial charge in [0.25, 0.3) is 0 Å². The van der Waals surface area contributed by atoms with Crippen LogP contribution in [0.15, 0.2) is 132 Å². The normalized spacial score (nSPS) is 11.8. The Bertz CT molecular complexity index is 1020. The molecule has 0 aliphatic carbocycles. The molecule has 4 aromatic rings. The van der Waals surface area contributed by atoms with Crippen LogP contribution < -0.4 is 21.2 Å². The van der Waals surface area contributed by atoms with Crippen LogP contribution in [0.3, 0.4) is 0 Å². The fourth-order valence-corrected chi connectivity index (χ4v) is 8.98. The Morgan fingerprint density at radius 1 is 0.562 bits per heavy atom. The van der Waals surface area contributed by atoms with Gasteiger partial charge in [-0.2, -0.15) is 0 Å². The molecule has 0 saturated heterocycles. The molecule has 0 aliphatic rings. The van der Waals surface area contributed by atoms with Gasteiger partial charge in [0.2, 0.25) is 0 Å². The molecule has 0 heterocycles. The zero-order chi connectivity index (χ0) is 22.0. The van der Waals surface area contributed by atoms with Crippen molar-refractivity contribution in [3.05, 3.63) is 132 Å². The minimum atomic E-state index is -0.620. The Hall–Kier alpha value is -2.23. The van der Waals surface area contributed by atoms with Gasteiger partial charge in [0.1, 0.15) is 0 Å². The number of hydrogen-bond acceptors (Lipinski definition) is 0. The van der Waals surface area contributed by atoms with Crippen molar-refractivity contribution in [2.75, 3.05) is 5.88 Å². The Kier molecular flexibility index (Phi) is 8.70. The Morgan fingerprint density at radius 3 is 1.31 bits per heavy atom. The van der Waals surface area contributed by atoms with Crippen molar-refractivity contribution in [2.45, 2.75) is 12.8 Å². The predicted octanol–water partition coefficient (Wildman–Crippen LogP) is 7.11. The van der Waals surface area contributed by atoms with E-state index in [2.05, 4.69) is 127 Å². The summed E-state index contributed by atoms with van der Waals surface area (Å²) in [5, 5.41) is 7.06. The molecular formula is C29H27ClP2. The van der Waals surface area contributed by atoms with Gasteiger partial charge in [0.05, 0.1) is 0 Å². The summed E-state index contributed by atoms with van der Waals surface area (Å²) in [6.45, 7) is 0. The number of halogens is 1. The van der Waals surface area contributed by atoms with Crippen molar-refractivity contribution in [3.63, 3.8) is 0 Å². The first kappa shape index (κ1) is 22.9. The number of benzene rings is 4. The summed E-state index contributed by atoms with van der Waals surface area (Å²) in [6, 6.07) is 43.8. The van der Waals surface area contributed by atoms with E-state index < -0.39 is 15.8 Å². The summed E-state index contributed by atoms with van der Waals surface area (Å²) in [7, 11) is -1.23. The summed E-state index contributed by atoms with van der Waals surface area (Å²) < 4.78 is 0. The van der Waals surface area contributed by atoms with E-state index in [4.69, 9.17) is 11.6 Å². The largest absolute Gasteiger partial charge is 0.127 e. The van der Waals surface area contributed by atoms with Gasteiger partial charge in [0.15, 0.2) is 0 Å². The SMILES string of the molecule is ClCCC/C(=C\P(c1ccccc1)c1ccccc1)P(c1ccccc1)c1ccccc1. The van der Waals surface area contributed by atoms with Crippen LogP contribution in [0.1, 0.15) is 12.8 Å². The quantitative estimate of drug-likeness (QED) is 0.180. The number of alkyl halides is 1. The maximum absolute atomic E-state index is 6.20. The highest BCUT2D eigenvalue weighted by atomic mass is 35.5. The van der Waals surface area contributed by atoms with E-state index in [-0.39, 0.29) is 0 Å². The molecule has 0 unspecified atom stereocenters. The van der Waals surface area contributed by atoms with Crippen LogP contribution in [0.2, 0.25) is 0 Å². The summed E-state index contributed by atoms with van der Waals surface area (Å²) in [4.78, 5) is 0. The van der Waals surface area contributed by atoms with Crippen LogP contribution in [0.25, 0.3) is 0 Å². The molecule has 0 radical (unpaired) electrons. The standard InChI is InChI=1S/C29H27ClP2/c30-23-13-22-29(32(27-18-9-3-10-19-27)28-20-11-4-12-21-28)24-31(25-14-5-1-6-15-25)26-16-7-2-8-17-26/h1-12,14-21,24H,13,22-23H2/b29-24+. The van der Waals surface area contributed by atoms with Gasteiger partial charge in [-0.05, 0) is 61.0 Å². The minimum Gasteiger partial charge on any atom is -0.127 e. The molecule has 0 amide bonds. The molecule has 0 aromatic heterocycles. The molecule has 4 rings (SSSR count). The fourth-order valence-electron chi connectivity index (χ4n) is 3.74. The van der Waals surface area contributed by atoms with E-state index >= 15 is 0 Å². The van der Waals surface area contributed by atoms with Crippen LogP contribution in [0.4, 0.5) is 0 Å². The van der Waals surface area contributed by atoms with Crippen LogP contribution in [-0.2, 0) is 0 Å². The van der Waals surface area contributed by atoms with Gasteiger partial charge in [-0.15, -0.1) is 11.6 Å². The lowest BCUT2D eigenvalue weighted by Crippen LogP contribution is -2.15. The third kappa shape index (κ3) is 5.96. The maximum Gasteiger partial charge on any atom is 0.0226 e. The summed E-state index contributed by atoms with van der Waals surface area (Å²) in [5.74, 6) is 3.26. The lowest BCUT2D eigenvalue weighted by Gasteiger charge is -2.25. The minimum absolute atomic E-state index is 0.609. The molecular weight excluding hydrogens is 446 g/mol. The molecule has 4 aromatic carbocycles. The van der Waals surface area contributed by atoms with E-state index in [0.29, 0.717) is 5.88 Å². The van der Waals surface area contributed by atoms with Crippen molar-refractivity contribution in [1.29, 1.82) is 0 Å². The second kappa shape index (κ2) is 12.1. The Balaban J connectivity index is 1.87. The lowest BCUT2D eigenvalue weighted by molar-refractivity contribution is 0.955. The average Bonchev–Trinajstić information content (AvgIpc) is 2.88. The molecule has 160 valence electrons. The zero-order valence-electron chi connectivity index (χ0n) is 18.0. The van der Waals surface area contributed by atoms with Gasteiger partial charge in [-0.1, -0.05) is 121 Å². The molecule has 0 bridgehead atoms. The van der Waals surface area contributed by atoms with E-state index in [1.54, 1.807) is 0 Å². The maximum atomic E-state index is 6.20. The summed E-state index contributed by atoms with van der Waals surface area (Å²) >= 11 is 6.20. The molecule has 0 aliphatic heterocycles. The van der Waals surface area contributed by atoms with Crippen LogP contribution in [0.5, 0.6) is 0 Å². The Morgan fingerprint density at radius 2 is 0.938 bits per heavy atom. The molecule has 0 spiro atoms. The van der Waals surface area contributed by atoms with Crippen LogP contribution in [0, 0.1) is 0 Å². The summed E-state index contributed by atoms with van der Waals surface area (Å²) in [5.41, 5.74) is 0. The second-order valence-electron chi connectivity index (χ2n) is 7.46. The molecule has 0 N–H and O–H groups in total. The van der Waals surface area contributed by atoms with Gasteiger partial charge in [0, 0.05) is 5.88 Å². The topological polar surface area (TPSA) is 0 Å². The summed E-state index contributed by atoms with van der Waals surface area (Å²) in [6.07, 6.45) is 2.00. The van der Waals surface area contributed by atoms with E-state index in [1.807, 2.05) is 0 Å². The first-order valence-corrected chi connectivity index (χ1v) is 14.2. The van der Waals surface area contributed by atoms with Gasteiger partial charge in [-0.25, -0.2) is 0 Å². The predicted molar refractivity (Wildman–Crippen MR) is 146 cm³/mol. The van der Waals surface area contributed by atoms with Crippen molar-refractivity contribution in [3.8, 4) is 0 Å². The first-order chi connectivity index (χ1) is 15.9. The van der Waals surface area contributed by atoms with Crippen LogP contribution >= 0.6 is 27.4 Å². The Labute approximate surface area is 199 Å². The lowest BCUT2D eigenvalue weighted by atomic mass is 10.3. The molecule has 0 atom stereocenters. The van der Waals surface area contributed by atoms with Crippen LogP contribution in [-0.4, -0.2) is 5.88 Å². The number of hydrogen-bond donors (Lipinski definition) is 0. The number of allylic oxidation sites excluding steroid dienone is 1. The van der Waals surface area contributed by atoms with Crippen molar-refractivity contribution in [1.82, 2.24) is 0 Å². The number of rotatable bonds is 9. The van der Waals surface area contributed by atoms with E-state index in [9.17, 15) is 0 Å². The molecule has 0 saturated carbocycles. The highest BCUT2D eigenvalue weighted by molar-refractivity contribution is 7.80. The first-order valence-electron chi connectivity index (χ1n) is 10.9. The highest BCUT2D eigenvalue weighted by Crippen LogP contribution is 2.50. The van der Waals surface area contributed by atoms with Gasteiger partial charge in [-0.3, -0.25) is 0 Å². The van der Waals surface area contributed by atoms with E-state index in [0.717, 1.165) is 12.8 Å². The van der Waals surface area contributed by atoms with Gasteiger partial charge < -0.3 is 0 Å². The molecule has 32 heavy (non-hydrogen) atoms. The third-order valence-electron chi connectivity index (χ3n) is 5.23. The smallest absolute Gasteiger partial charge is 0.0226 e.